The number of rotatable bonds is 10. The molecule has 2 aromatic carbocycles. The molecule has 44 heavy (non-hydrogen) atoms. The van der Waals surface area contributed by atoms with Crippen molar-refractivity contribution >= 4 is 93.5 Å². The van der Waals surface area contributed by atoms with Crippen LogP contribution in [0.1, 0.15) is 74.1 Å². The highest BCUT2D eigenvalue weighted by Crippen LogP contribution is 2.53. The lowest BCUT2D eigenvalue weighted by molar-refractivity contribution is -0.156. The third-order valence-electron chi connectivity index (χ3n) is 8.43. The molecule has 0 spiro atoms. The van der Waals surface area contributed by atoms with Crippen LogP contribution < -0.4 is 9.47 Å². The lowest BCUT2D eigenvalue weighted by atomic mass is 9.93. The Morgan fingerprint density at radius 3 is 1.20 bits per heavy atom. The lowest BCUT2D eigenvalue weighted by Gasteiger charge is -2.20. The third-order valence-corrected chi connectivity index (χ3v) is 10.6. The summed E-state index contributed by atoms with van der Waals surface area (Å²) in [7, 11) is 0. The number of halogens is 6. The zero-order valence-electron chi connectivity index (χ0n) is 24.1. The number of hydrogen-bond acceptors (Lipinski definition) is 8. The molecule has 2 aliphatic rings. The molecule has 0 bridgehead atoms. The summed E-state index contributed by atoms with van der Waals surface area (Å²) in [6.07, 6.45) is 3.50. The van der Waals surface area contributed by atoms with Crippen LogP contribution in [0, 0.1) is 22.7 Å². The number of carbonyl (C=O) groups excluding carboxylic acids is 4. The first-order valence-corrected chi connectivity index (χ1v) is 15.9. The van der Waals surface area contributed by atoms with Gasteiger partial charge in [-0.1, -0.05) is 97.3 Å². The molecule has 0 N–H and O–H groups in total. The zero-order chi connectivity index (χ0) is 32.7. The van der Waals surface area contributed by atoms with Crippen molar-refractivity contribution in [2.24, 2.45) is 22.7 Å². The summed E-state index contributed by atoms with van der Waals surface area (Å²) < 4.78 is 21.3. The van der Waals surface area contributed by atoms with Gasteiger partial charge in [0.15, 0.2) is 11.5 Å². The van der Waals surface area contributed by atoms with Gasteiger partial charge in [-0.05, 0) is 49.7 Å². The molecule has 2 aliphatic carbocycles. The van der Waals surface area contributed by atoms with Gasteiger partial charge in [-0.3, -0.25) is 0 Å². The number of carbonyl (C=O) groups is 4. The third kappa shape index (κ3) is 7.21. The Bertz CT molecular complexity index is 1410. The lowest BCUT2D eigenvalue weighted by Crippen LogP contribution is -2.28. The maximum absolute atomic E-state index is 13.1. The van der Waals surface area contributed by atoms with Crippen LogP contribution in [0.15, 0.2) is 12.1 Å². The molecule has 4 rings (SSSR count). The predicted octanol–water partition coefficient (Wildman–Crippen LogP) is 9.30. The summed E-state index contributed by atoms with van der Waals surface area (Å²) in [6, 6.07) is 2.25. The predicted molar refractivity (Wildman–Crippen MR) is 168 cm³/mol. The summed E-state index contributed by atoms with van der Waals surface area (Å²) in [4.78, 5) is 52.1. The number of benzene rings is 2. The van der Waals surface area contributed by atoms with Crippen molar-refractivity contribution in [3.63, 3.8) is 0 Å². The molecule has 8 nitrogen and oxygen atoms in total. The van der Waals surface area contributed by atoms with Crippen LogP contribution in [-0.4, -0.2) is 37.1 Å². The Morgan fingerprint density at radius 1 is 0.614 bits per heavy atom. The van der Waals surface area contributed by atoms with Gasteiger partial charge in [-0.2, -0.15) is 0 Å². The first-order valence-electron chi connectivity index (χ1n) is 13.7. The second-order valence-corrected chi connectivity index (χ2v) is 14.1. The molecule has 238 valence electrons. The van der Waals surface area contributed by atoms with Crippen molar-refractivity contribution in [1.82, 2.24) is 0 Å². The SMILES string of the molecule is CC(C)C1(COC(=O)c2c(Cl)c(Cl)cc(Cl)c2OC(=O)C(=O)Oc2c(Cl)cc(Cl)c(Cl)c2C(=O)OCC2(C(C)C)CC2)CC1. The number of ether oxygens (including phenoxy) is 4. The normalized spacial score (nSPS) is 16.0. The Morgan fingerprint density at radius 2 is 0.932 bits per heavy atom. The summed E-state index contributed by atoms with van der Waals surface area (Å²) in [5, 5.41) is -1.47. The average molecular weight is 729 g/mol. The van der Waals surface area contributed by atoms with Crippen molar-refractivity contribution in [2.45, 2.75) is 53.4 Å². The van der Waals surface area contributed by atoms with Crippen molar-refractivity contribution in [1.29, 1.82) is 0 Å². The van der Waals surface area contributed by atoms with Gasteiger partial charge in [0.1, 0.15) is 11.1 Å². The molecular weight excluding hydrogens is 701 g/mol. The van der Waals surface area contributed by atoms with E-state index in [4.69, 9.17) is 88.6 Å². The Kier molecular flexibility index (Phi) is 10.7. The van der Waals surface area contributed by atoms with Crippen LogP contribution in [0.25, 0.3) is 0 Å². The van der Waals surface area contributed by atoms with E-state index in [2.05, 4.69) is 0 Å². The van der Waals surface area contributed by atoms with E-state index in [9.17, 15) is 19.2 Å². The molecular formula is C30H28Cl6O8. The standard InChI is InChI=1S/C30H28Cl6O8/c1-13(2)29(5-6-29)11-41-25(37)19-21(35)15(31)9-17(33)23(19)43-27(39)28(40)44-24-18(34)10-16(32)22(36)20(24)26(38)42-12-30(7-8-30)14(3)4/h9-10,13-14H,5-8,11-12H2,1-4H3. The molecule has 0 saturated heterocycles. The molecule has 2 saturated carbocycles. The van der Waals surface area contributed by atoms with Crippen LogP contribution in [0.5, 0.6) is 11.5 Å². The van der Waals surface area contributed by atoms with Crippen molar-refractivity contribution in [3.8, 4) is 11.5 Å². The molecule has 0 atom stereocenters. The van der Waals surface area contributed by atoms with Crippen molar-refractivity contribution in [3.05, 3.63) is 53.4 Å². The smallest absolute Gasteiger partial charge is 0.423 e. The van der Waals surface area contributed by atoms with Gasteiger partial charge in [-0.25, -0.2) is 19.2 Å². The van der Waals surface area contributed by atoms with E-state index < -0.39 is 46.5 Å². The first kappa shape index (κ1) is 34.9. The highest BCUT2D eigenvalue weighted by molar-refractivity contribution is 6.47. The molecule has 0 unspecified atom stereocenters. The Hall–Kier alpha value is -1.94. The highest BCUT2D eigenvalue weighted by Gasteiger charge is 2.48. The first-order chi connectivity index (χ1) is 20.5. The minimum Gasteiger partial charge on any atom is -0.461 e. The van der Waals surface area contributed by atoms with Gasteiger partial charge in [0, 0.05) is 10.8 Å². The zero-order valence-corrected chi connectivity index (χ0v) is 28.6. The molecule has 14 heteroatoms. The molecule has 2 fully saturated rings. The number of esters is 4. The van der Waals surface area contributed by atoms with Gasteiger partial charge in [0.25, 0.3) is 0 Å². The molecule has 2 aromatic rings. The molecule has 0 radical (unpaired) electrons. The fraction of sp³-hybridized carbons (Fsp3) is 0.467. The Labute approximate surface area is 284 Å². The topological polar surface area (TPSA) is 105 Å². The van der Waals surface area contributed by atoms with Crippen LogP contribution in [0.4, 0.5) is 0 Å². The van der Waals surface area contributed by atoms with Gasteiger partial charge in [-0.15, -0.1) is 0 Å². The van der Waals surface area contributed by atoms with E-state index in [0.29, 0.717) is 0 Å². The van der Waals surface area contributed by atoms with E-state index in [1.165, 1.54) is 0 Å². The van der Waals surface area contributed by atoms with Crippen LogP contribution >= 0.6 is 69.6 Å². The molecule has 0 aromatic heterocycles. The minimum atomic E-state index is -1.64. The second-order valence-electron chi connectivity index (χ2n) is 11.7. The average Bonchev–Trinajstić information content (AvgIpc) is 3.88. The Balaban J connectivity index is 1.56. The highest BCUT2D eigenvalue weighted by atomic mass is 35.5. The fourth-order valence-electron chi connectivity index (χ4n) is 4.65. The maximum Gasteiger partial charge on any atom is 0.423 e. The molecule has 0 amide bonds. The molecule has 0 aliphatic heterocycles. The van der Waals surface area contributed by atoms with E-state index >= 15 is 0 Å². The quantitative estimate of drug-likeness (QED) is 0.103. The van der Waals surface area contributed by atoms with Crippen LogP contribution in [-0.2, 0) is 19.1 Å². The second kappa shape index (κ2) is 13.4. The summed E-state index contributed by atoms with van der Waals surface area (Å²) >= 11 is 37.3. The van der Waals surface area contributed by atoms with Gasteiger partial charge >= 0.3 is 23.9 Å². The van der Waals surface area contributed by atoms with E-state index in [1.54, 1.807) is 0 Å². The monoisotopic (exact) mass is 726 g/mol. The minimum absolute atomic E-state index is 0.0897. The maximum atomic E-state index is 13.1. The summed E-state index contributed by atoms with van der Waals surface area (Å²) in [5.41, 5.74) is -1.25. The summed E-state index contributed by atoms with van der Waals surface area (Å²) in [5.74, 6) is -5.86. The van der Waals surface area contributed by atoms with Gasteiger partial charge in [0.2, 0.25) is 0 Å². The van der Waals surface area contributed by atoms with E-state index in [-0.39, 0.29) is 66.0 Å². The van der Waals surface area contributed by atoms with E-state index in [1.807, 2.05) is 27.7 Å². The fourth-order valence-corrected chi connectivity index (χ4v) is 6.09. The van der Waals surface area contributed by atoms with Gasteiger partial charge in [0.05, 0.1) is 43.3 Å². The van der Waals surface area contributed by atoms with Gasteiger partial charge < -0.3 is 18.9 Å². The molecule has 0 heterocycles. The van der Waals surface area contributed by atoms with Crippen molar-refractivity contribution < 1.29 is 38.1 Å². The van der Waals surface area contributed by atoms with E-state index in [0.717, 1.165) is 37.8 Å². The number of hydrogen-bond donors (Lipinski definition) is 0. The van der Waals surface area contributed by atoms with Crippen molar-refractivity contribution in [2.75, 3.05) is 13.2 Å². The summed E-state index contributed by atoms with van der Waals surface area (Å²) in [6.45, 7) is 8.25. The van der Waals surface area contributed by atoms with Crippen LogP contribution in [0.2, 0.25) is 30.1 Å². The largest absolute Gasteiger partial charge is 0.461 e. The van der Waals surface area contributed by atoms with Crippen LogP contribution in [0.3, 0.4) is 0 Å².